The van der Waals surface area contributed by atoms with Crippen LogP contribution in [0.3, 0.4) is 0 Å². The number of hydrogen-bond acceptors (Lipinski definition) is 3. The molecule has 0 aromatic rings. The van der Waals surface area contributed by atoms with Crippen LogP contribution in [0.25, 0.3) is 0 Å². The molecule has 1 saturated heterocycles. The summed E-state index contributed by atoms with van der Waals surface area (Å²) < 4.78 is 46.6. The molecule has 1 unspecified atom stereocenters. The molecule has 3 nitrogen and oxygen atoms in total. The van der Waals surface area contributed by atoms with Crippen molar-refractivity contribution < 1.29 is 21.1 Å². The van der Waals surface area contributed by atoms with E-state index in [1.165, 1.54) is 109 Å². The molecule has 1 atom stereocenters. The molecule has 1 fully saturated rings. The number of unbranched alkanes of at least 4 members (excludes halogenated alkanes) is 20. The first kappa shape index (κ1) is 20.1. The normalized spacial score (nSPS) is 22.5. The first-order chi connectivity index (χ1) is 16.7. The van der Waals surface area contributed by atoms with E-state index in [0.717, 1.165) is 19.3 Å². The lowest BCUT2D eigenvalue weighted by Crippen LogP contribution is -2.09. The number of ether oxygens (including phenoxy) is 2. The average Bonchev–Trinajstić information content (AvgIpc) is 3.34. The molecule has 0 saturated carbocycles. The molecule has 0 spiro atoms. The Hall–Kier alpha value is -0.570. The summed E-state index contributed by atoms with van der Waals surface area (Å²) >= 11 is 0. The first-order valence-corrected chi connectivity index (χ1v) is 13.1. The van der Waals surface area contributed by atoms with Gasteiger partial charge in [-0.2, -0.15) is 0 Å². The molecule has 1 heterocycles. The number of carbonyl (C=O) groups excluding carboxylic acids is 1. The lowest BCUT2D eigenvalue weighted by molar-refractivity contribution is -0.144. The highest BCUT2D eigenvalue weighted by Gasteiger charge is 2.23. The van der Waals surface area contributed by atoms with Crippen LogP contribution in [0, 0.1) is 0 Å². The molecule has 0 amide bonds. The zero-order valence-electron chi connectivity index (χ0n) is 24.8. The molecule has 0 N–H and O–H groups in total. The van der Waals surface area contributed by atoms with Gasteiger partial charge in [-0.3, -0.25) is 4.79 Å². The van der Waals surface area contributed by atoms with E-state index in [0.29, 0.717) is 6.42 Å². The number of esters is 1. The molecule has 0 bridgehead atoms. The van der Waals surface area contributed by atoms with Crippen molar-refractivity contribution >= 4 is 5.97 Å². The van der Waals surface area contributed by atoms with Gasteiger partial charge in [0.15, 0.2) is 0 Å². The number of hydrogen-bond donors (Lipinski definition) is 0. The monoisotopic (exact) mass is 429 g/mol. The van der Waals surface area contributed by atoms with E-state index >= 15 is 0 Å². The molecule has 0 aliphatic carbocycles. The molecule has 0 aromatic heterocycles. The Morgan fingerprint density at radius 1 is 0.767 bits per heavy atom. The van der Waals surface area contributed by atoms with E-state index in [2.05, 4.69) is 16.4 Å². The van der Waals surface area contributed by atoms with Crippen molar-refractivity contribution in [1.82, 2.24) is 0 Å². The smallest absolute Gasteiger partial charge is 0.305 e. The van der Waals surface area contributed by atoms with Gasteiger partial charge in [0.1, 0.15) is 12.6 Å². The van der Waals surface area contributed by atoms with Crippen LogP contribution in [0.2, 0.25) is 0 Å². The van der Waals surface area contributed by atoms with Gasteiger partial charge in [-0.05, 0) is 6.42 Å². The van der Waals surface area contributed by atoms with Crippen LogP contribution in [0.5, 0.6) is 0 Å². The second kappa shape index (κ2) is 21.7. The fraction of sp³-hybridized carbons (Fsp3) is 0.963. The minimum atomic E-state index is -2.79. The summed E-state index contributed by atoms with van der Waals surface area (Å²) in [6.07, 6.45) is 24.7. The second-order valence-electron chi connectivity index (χ2n) is 8.93. The van der Waals surface area contributed by atoms with Crippen LogP contribution >= 0.6 is 0 Å². The quantitative estimate of drug-likeness (QED) is 0.0876. The fourth-order valence-corrected chi connectivity index (χ4v) is 3.92. The summed E-state index contributed by atoms with van der Waals surface area (Å²) in [5.41, 5.74) is 0. The maximum absolute atomic E-state index is 11.8. The van der Waals surface area contributed by atoms with Gasteiger partial charge in [-0.25, -0.2) is 0 Å². The third-order valence-corrected chi connectivity index (χ3v) is 5.95. The number of rotatable bonds is 24. The molecule has 0 aromatic carbocycles. The molecular weight excluding hydrogens is 372 g/mol. The second-order valence-corrected chi connectivity index (χ2v) is 8.93. The number of carbonyl (C=O) groups is 1. The maximum Gasteiger partial charge on any atom is 0.305 e. The zero-order valence-corrected chi connectivity index (χ0v) is 19.8. The van der Waals surface area contributed by atoms with Gasteiger partial charge in [0.05, 0.1) is 13.4 Å². The van der Waals surface area contributed by atoms with Crippen LogP contribution in [0.15, 0.2) is 0 Å². The van der Waals surface area contributed by atoms with Gasteiger partial charge < -0.3 is 9.47 Å². The van der Waals surface area contributed by atoms with Gasteiger partial charge in [-0.15, -0.1) is 0 Å². The van der Waals surface area contributed by atoms with Crippen molar-refractivity contribution in [3.63, 3.8) is 0 Å². The van der Waals surface area contributed by atoms with Crippen LogP contribution in [-0.4, -0.2) is 25.2 Å². The summed E-state index contributed by atoms with van der Waals surface area (Å²) in [6, 6.07) is 0. The highest BCUT2D eigenvalue weighted by molar-refractivity contribution is 5.69. The predicted molar refractivity (Wildman–Crippen MR) is 128 cm³/mol. The van der Waals surface area contributed by atoms with Crippen molar-refractivity contribution in [2.24, 2.45) is 0 Å². The largest absolute Gasteiger partial charge is 0.463 e. The summed E-state index contributed by atoms with van der Waals surface area (Å²) in [7, 11) is 0. The van der Waals surface area contributed by atoms with E-state index in [-0.39, 0.29) is 6.42 Å². The van der Waals surface area contributed by atoms with Crippen LogP contribution in [0.1, 0.15) is 155 Å². The zero-order chi connectivity index (χ0) is 26.0. The Balaban J connectivity index is 1.79. The Bertz CT molecular complexity index is 559. The summed E-state index contributed by atoms with van der Waals surface area (Å²) in [4.78, 5) is 11.8. The Morgan fingerprint density at radius 3 is 1.43 bits per heavy atom. The van der Waals surface area contributed by atoms with Gasteiger partial charge in [-0.1, -0.05) is 135 Å². The molecule has 0 radical (unpaired) electrons. The van der Waals surface area contributed by atoms with E-state index in [1.54, 1.807) is 0 Å². The highest BCUT2D eigenvalue weighted by atomic mass is 16.6. The Kier molecular flexibility index (Phi) is 14.5. The van der Waals surface area contributed by atoms with Gasteiger partial charge in [0.25, 0.3) is 0 Å². The molecular formula is C27H52O3. The lowest BCUT2D eigenvalue weighted by Gasteiger charge is -2.04. The maximum atomic E-state index is 11.8. The summed E-state index contributed by atoms with van der Waals surface area (Å²) in [5, 5.41) is 0. The SMILES string of the molecule is [2H]C([2H])(OC(=O)CCCCCCCCCCCCCCCCCCCCCCC)C1([2H])OC1([2H])[2H]. The van der Waals surface area contributed by atoms with Crippen LogP contribution in [0.4, 0.5) is 0 Å². The van der Waals surface area contributed by atoms with Crippen molar-refractivity contribution in [2.75, 3.05) is 13.1 Å². The lowest BCUT2D eigenvalue weighted by atomic mass is 10.0. The van der Waals surface area contributed by atoms with Gasteiger partial charge >= 0.3 is 5.97 Å². The van der Waals surface area contributed by atoms with Crippen molar-refractivity contribution in [3.05, 3.63) is 0 Å². The predicted octanol–water partition coefficient (Wildman–Crippen LogP) is 8.53. The molecule has 178 valence electrons. The Labute approximate surface area is 195 Å². The fourth-order valence-electron chi connectivity index (χ4n) is 3.92. The Morgan fingerprint density at radius 2 is 1.10 bits per heavy atom. The minimum absolute atomic E-state index is 0.0810. The van der Waals surface area contributed by atoms with E-state index in [9.17, 15) is 4.79 Å². The van der Waals surface area contributed by atoms with E-state index in [1.807, 2.05) is 0 Å². The van der Waals surface area contributed by atoms with Crippen LogP contribution in [-0.2, 0) is 14.3 Å². The summed E-state index contributed by atoms with van der Waals surface area (Å²) in [6.45, 7) is -2.94. The van der Waals surface area contributed by atoms with Gasteiger partial charge in [0.2, 0.25) is 0 Å². The third kappa shape index (κ3) is 20.7. The molecule has 3 heteroatoms. The van der Waals surface area contributed by atoms with E-state index < -0.39 is 25.2 Å². The molecule has 1 rings (SSSR count). The van der Waals surface area contributed by atoms with Crippen molar-refractivity contribution in [1.29, 1.82) is 0 Å². The van der Waals surface area contributed by atoms with E-state index in [4.69, 9.17) is 6.85 Å². The third-order valence-electron chi connectivity index (χ3n) is 5.95. The minimum Gasteiger partial charge on any atom is -0.463 e. The topological polar surface area (TPSA) is 38.8 Å². The van der Waals surface area contributed by atoms with Crippen molar-refractivity contribution in [3.8, 4) is 0 Å². The number of epoxide rings is 1. The highest BCUT2D eigenvalue weighted by Crippen LogP contribution is 2.15. The average molecular weight is 430 g/mol. The van der Waals surface area contributed by atoms with Crippen molar-refractivity contribution in [2.45, 2.75) is 154 Å². The molecule has 30 heavy (non-hydrogen) atoms. The standard InChI is InChI=1S/C27H52O3/c1-2-3-4-5-6-7-8-9-10-11-12-13-14-15-16-17-18-19-20-21-22-23-27(28)30-25-26-24-29-26/h26H,2-25H2,1H3/i24D2,25D2,26D. The summed E-state index contributed by atoms with van der Waals surface area (Å²) in [5.74, 6) is -0.745. The first-order valence-electron chi connectivity index (χ1n) is 15.6. The molecule has 1 aliphatic heterocycles. The van der Waals surface area contributed by atoms with Gasteiger partial charge in [0, 0.05) is 6.42 Å². The molecule has 1 aliphatic rings. The van der Waals surface area contributed by atoms with Crippen LogP contribution < -0.4 is 0 Å².